The lowest BCUT2D eigenvalue weighted by atomic mass is 10.1. The van der Waals surface area contributed by atoms with Gasteiger partial charge < -0.3 is 0 Å². The fraction of sp³-hybridized carbons (Fsp3) is 0.300. The molecular weight excluding hydrogens is 166 g/mol. The summed E-state index contributed by atoms with van der Waals surface area (Å²) in [5, 5.41) is 1.34. The van der Waals surface area contributed by atoms with E-state index >= 15 is 0 Å². The molecule has 2 rings (SSSR count). The van der Waals surface area contributed by atoms with Gasteiger partial charge in [-0.1, -0.05) is 18.6 Å². The number of aromatic nitrogens is 1. The van der Waals surface area contributed by atoms with E-state index in [-0.39, 0.29) is 0 Å². The molecule has 62 valence electrons. The Balaban J connectivity index is 2.75. The van der Waals surface area contributed by atoms with Crippen LogP contribution < -0.4 is 0 Å². The molecule has 0 aliphatic rings. The summed E-state index contributed by atoms with van der Waals surface area (Å²) in [6, 6.07) is 6.51. The van der Waals surface area contributed by atoms with Gasteiger partial charge in [-0.3, -0.25) is 0 Å². The summed E-state index contributed by atoms with van der Waals surface area (Å²) in [5.41, 5.74) is 2.55. The predicted molar refractivity (Wildman–Crippen MR) is 53.7 cm³/mol. The second kappa shape index (κ2) is 2.87. The van der Waals surface area contributed by atoms with Crippen LogP contribution in [0.1, 0.15) is 18.2 Å². The van der Waals surface area contributed by atoms with Crippen LogP contribution in [-0.2, 0) is 6.42 Å². The van der Waals surface area contributed by atoms with Crippen molar-refractivity contribution in [1.29, 1.82) is 0 Å². The van der Waals surface area contributed by atoms with E-state index < -0.39 is 0 Å². The molecule has 0 amide bonds. The Morgan fingerprint density at radius 1 is 1.42 bits per heavy atom. The predicted octanol–water partition coefficient (Wildman–Crippen LogP) is 3.17. The summed E-state index contributed by atoms with van der Waals surface area (Å²) in [4.78, 5) is 0. The SMILES string of the molecule is CCc1nsc2ccc(C)cc12. The van der Waals surface area contributed by atoms with Gasteiger partial charge >= 0.3 is 0 Å². The zero-order chi connectivity index (χ0) is 8.55. The lowest BCUT2D eigenvalue weighted by Crippen LogP contribution is -1.79. The molecule has 0 N–H and O–H groups in total. The van der Waals surface area contributed by atoms with Crippen LogP contribution in [0.5, 0.6) is 0 Å². The molecule has 1 aromatic heterocycles. The first-order valence-electron chi connectivity index (χ1n) is 4.16. The van der Waals surface area contributed by atoms with Gasteiger partial charge in [0, 0.05) is 5.39 Å². The van der Waals surface area contributed by atoms with E-state index in [1.165, 1.54) is 21.3 Å². The molecule has 0 aliphatic heterocycles. The zero-order valence-corrected chi connectivity index (χ0v) is 8.11. The Labute approximate surface area is 76.2 Å². The van der Waals surface area contributed by atoms with Gasteiger partial charge in [0.25, 0.3) is 0 Å². The van der Waals surface area contributed by atoms with E-state index in [1.54, 1.807) is 11.5 Å². The lowest BCUT2D eigenvalue weighted by Gasteiger charge is -1.93. The molecular formula is C10H11NS. The highest BCUT2D eigenvalue weighted by atomic mass is 32.1. The summed E-state index contributed by atoms with van der Waals surface area (Å²) in [5.74, 6) is 0. The zero-order valence-electron chi connectivity index (χ0n) is 7.29. The highest BCUT2D eigenvalue weighted by Crippen LogP contribution is 2.23. The Morgan fingerprint density at radius 2 is 2.25 bits per heavy atom. The molecule has 0 saturated carbocycles. The Kier molecular flexibility index (Phi) is 1.85. The van der Waals surface area contributed by atoms with Crippen molar-refractivity contribution < 1.29 is 0 Å². The first-order valence-corrected chi connectivity index (χ1v) is 4.93. The molecule has 2 aromatic rings. The monoisotopic (exact) mass is 177 g/mol. The van der Waals surface area contributed by atoms with Crippen LogP contribution in [-0.4, -0.2) is 4.37 Å². The maximum atomic E-state index is 4.40. The van der Waals surface area contributed by atoms with Crippen LogP contribution in [0.2, 0.25) is 0 Å². The van der Waals surface area contributed by atoms with Crippen molar-refractivity contribution in [3.8, 4) is 0 Å². The van der Waals surface area contributed by atoms with Gasteiger partial charge in [-0.25, -0.2) is 0 Å². The molecule has 1 aromatic carbocycles. The molecule has 1 nitrogen and oxygen atoms in total. The minimum atomic E-state index is 1.03. The molecule has 0 aliphatic carbocycles. The van der Waals surface area contributed by atoms with Crippen LogP contribution in [0.4, 0.5) is 0 Å². The van der Waals surface area contributed by atoms with Crippen LogP contribution >= 0.6 is 11.5 Å². The maximum absolute atomic E-state index is 4.40. The van der Waals surface area contributed by atoms with E-state index in [4.69, 9.17) is 0 Å². The smallest absolute Gasteiger partial charge is 0.0618 e. The van der Waals surface area contributed by atoms with Crippen LogP contribution in [0.3, 0.4) is 0 Å². The van der Waals surface area contributed by atoms with Gasteiger partial charge in [0.2, 0.25) is 0 Å². The third-order valence-electron chi connectivity index (χ3n) is 2.04. The number of fused-ring (bicyclic) bond motifs is 1. The van der Waals surface area contributed by atoms with E-state index in [9.17, 15) is 0 Å². The van der Waals surface area contributed by atoms with E-state index in [0.29, 0.717) is 0 Å². The molecule has 2 heteroatoms. The second-order valence-corrected chi connectivity index (χ2v) is 3.79. The first kappa shape index (κ1) is 7.74. The standard InChI is InChI=1S/C10H11NS/c1-3-9-8-6-7(2)4-5-10(8)12-11-9/h4-6H,3H2,1-2H3. The fourth-order valence-electron chi connectivity index (χ4n) is 1.36. The minimum Gasteiger partial charge on any atom is -0.196 e. The van der Waals surface area contributed by atoms with Gasteiger partial charge in [-0.15, -0.1) is 0 Å². The van der Waals surface area contributed by atoms with E-state index in [0.717, 1.165) is 6.42 Å². The molecule has 0 spiro atoms. The fourth-order valence-corrected chi connectivity index (χ4v) is 2.20. The van der Waals surface area contributed by atoms with Crippen molar-refractivity contribution in [2.75, 3.05) is 0 Å². The highest BCUT2D eigenvalue weighted by Gasteiger charge is 2.02. The van der Waals surface area contributed by atoms with Crippen molar-refractivity contribution in [2.24, 2.45) is 0 Å². The summed E-state index contributed by atoms with van der Waals surface area (Å²) in [7, 11) is 0. The number of nitrogens with zero attached hydrogens (tertiary/aromatic N) is 1. The van der Waals surface area contributed by atoms with E-state index in [1.807, 2.05) is 0 Å². The number of hydrogen-bond donors (Lipinski definition) is 0. The third-order valence-corrected chi connectivity index (χ3v) is 2.90. The largest absolute Gasteiger partial charge is 0.196 e. The van der Waals surface area contributed by atoms with Crippen molar-refractivity contribution in [3.05, 3.63) is 29.5 Å². The topological polar surface area (TPSA) is 12.9 Å². The number of rotatable bonds is 1. The molecule has 12 heavy (non-hydrogen) atoms. The molecule has 0 radical (unpaired) electrons. The molecule has 0 unspecified atom stereocenters. The van der Waals surface area contributed by atoms with Gasteiger partial charge in [0.1, 0.15) is 0 Å². The van der Waals surface area contributed by atoms with Gasteiger partial charge in [-0.2, -0.15) is 4.37 Å². The van der Waals surface area contributed by atoms with Crippen molar-refractivity contribution >= 4 is 21.6 Å². The Bertz CT molecular complexity index is 403. The van der Waals surface area contributed by atoms with Crippen LogP contribution in [0.15, 0.2) is 18.2 Å². The summed E-state index contributed by atoms with van der Waals surface area (Å²) in [6.45, 7) is 4.27. The normalized spacial score (nSPS) is 10.8. The lowest BCUT2D eigenvalue weighted by molar-refractivity contribution is 1.10. The van der Waals surface area contributed by atoms with Crippen LogP contribution in [0, 0.1) is 6.92 Å². The molecule has 0 atom stereocenters. The third kappa shape index (κ3) is 1.12. The quantitative estimate of drug-likeness (QED) is 0.652. The summed E-state index contributed by atoms with van der Waals surface area (Å²) >= 11 is 1.60. The highest BCUT2D eigenvalue weighted by molar-refractivity contribution is 7.13. The van der Waals surface area contributed by atoms with Crippen molar-refractivity contribution in [3.63, 3.8) is 0 Å². The maximum Gasteiger partial charge on any atom is 0.0618 e. The van der Waals surface area contributed by atoms with Gasteiger partial charge in [0.05, 0.1) is 10.4 Å². The van der Waals surface area contributed by atoms with Crippen LogP contribution in [0.25, 0.3) is 10.1 Å². The molecule has 0 fully saturated rings. The van der Waals surface area contributed by atoms with Crippen molar-refractivity contribution in [2.45, 2.75) is 20.3 Å². The summed E-state index contributed by atoms with van der Waals surface area (Å²) < 4.78 is 5.70. The summed E-state index contributed by atoms with van der Waals surface area (Å²) in [6.07, 6.45) is 1.03. The average molecular weight is 177 g/mol. The first-order chi connectivity index (χ1) is 5.81. The molecule has 1 heterocycles. The number of hydrogen-bond acceptors (Lipinski definition) is 2. The average Bonchev–Trinajstić information content (AvgIpc) is 2.46. The number of benzene rings is 1. The number of aryl methyl sites for hydroxylation is 2. The van der Waals surface area contributed by atoms with Crippen molar-refractivity contribution in [1.82, 2.24) is 4.37 Å². The minimum absolute atomic E-state index is 1.03. The Hall–Kier alpha value is -0.890. The van der Waals surface area contributed by atoms with E-state index in [2.05, 4.69) is 36.4 Å². The molecule has 0 bridgehead atoms. The van der Waals surface area contributed by atoms with Gasteiger partial charge in [-0.05, 0) is 37.0 Å². The Morgan fingerprint density at radius 3 is 3.00 bits per heavy atom. The second-order valence-electron chi connectivity index (χ2n) is 2.98. The molecule has 0 saturated heterocycles. The van der Waals surface area contributed by atoms with Gasteiger partial charge in [0.15, 0.2) is 0 Å².